The molecule has 0 unspecified atom stereocenters. The van der Waals surface area contributed by atoms with Crippen LogP contribution >= 0.6 is 0 Å². The van der Waals surface area contributed by atoms with E-state index in [2.05, 4.69) is 15.3 Å². The Hall–Kier alpha value is -2.22. The highest BCUT2D eigenvalue weighted by Gasteiger charge is 2.18. The summed E-state index contributed by atoms with van der Waals surface area (Å²) in [5.41, 5.74) is 2.29. The highest BCUT2D eigenvalue weighted by Crippen LogP contribution is 2.25. The van der Waals surface area contributed by atoms with Crippen molar-refractivity contribution < 1.29 is 19.7 Å². The molecule has 0 saturated heterocycles. The first-order valence-electron chi connectivity index (χ1n) is 4.22. The first-order chi connectivity index (χ1) is 7.52. The van der Waals surface area contributed by atoms with Crippen molar-refractivity contribution in [3.8, 4) is 0 Å². The largest absolute Gasteiger partial charge is 0.479 e. The van der Waals surface area contributed by atoms with Gasteiger partial charge in [0.15, 0.2) is 6.61 Å². The summed E-state index contributed by atoms with van der Waals surface area (Å²) in [6, 6.07) is 1.47. The predicted octanol–water partition coefficient (Wildman–Crippen LogP) is 0.726. The van der Waals surface area contributed by atoms with Crippen LogP contribution in [0.3, 0.4) is 0 Å². The predicted molar refractivity (Wildman–Crippen MR) is 52.8 cm³/mol. The summed E-state index contributed by atoms with van der Waals surface area (Å²) in [5.74, 6) is -1.31. The van der Waals surface area contributed by atoms with Crippen molar-refractivity contribution in [2.75, 3.05) is 12.1 Å². The van der Waals surface area contributed by atoms with Crippen molar-refractivity contribution in [1.82, 2.24) is 4.98 Å². The molecule has 8 nitrogen and oxygen atoms in total. The molecule has 0 aliphatic carbocycles. The Bertz CT molecular complexity index is 420. The smallest absolute Gasteiger partial charge is 0.332 e. The number of nitro groups is 1. The van der Waals surface area contributed by atoms with Gasteiger partial charge >= 0.3 is 11.7 Å². The van der Waals surface area contributed by atoms with Gasteiger partial charge in [-0.3, -0.25) is 15.0 Å². The van der Waals surface area contributed by atoms with E-state index in [-0.39, 0.29) is 11.5 Å². The van der Waals surface area contributed by atoms with Gasteiger partial charge in [-0.2, -0.15) is 0 Å². The molecule has 0 bridgehead atoms. The van der Waals surface area contributed by atoms with Crippen LogP contribution in [0.4, 0.5) is 11.5 Å². The Labute approximate surface area is 90.0 Å². The number of rotatable bonds is 5. The Morgan fingerprint density at radius 2 is 2.44 bits per heavy atom. The molecule has 1 heterocycles. The minimum Gasteiger partial charge on any atom is -0.479 e. The van der Waals surface area contributed by atoms with Crippen LogP contribution < -0.4 is 5.48 Å². The van der Waals surface area contributed by atoms with Crippen LogP contribution in [-0.4, -0.2) is 27.6 Å². The minimum absolute atomic E-state index is 0.119. The Kier molecular flexibility index (Phi) is 3.72. The van der Waals surface area contributed by atoms with Crippen LogP contribution in [0.1, 0.15) is 5.56 Å². The van der Waals surface area contributed by atoms with E-state index in [1.165, 1.54) is 12.3 Å². The number of aromatic nitrogens is 1. The van der Waals surface area contributed by atoms with Crippen LogP contribution in [0.25, 0.3) is 0 Å². The standard InChI is InChI=1S/C8H9N3O5/c1-5-2-3-9-8(7(5)11(14)15)10-16-4-6(12)13/h2-3H,4H2,1H3,(H,9,10)(H,12,13). The van der Waals surface area contributed by atoms with Gasteiger partial charge in [-0.15, -0.1) is 0 Å². The number of hydrogen-bond acceptors (Lipinski definition) is 6. The maximum absolute atomic E-state index is 10.7. The van der Waals surface area contributed by atoms with E-state index in [1.807, 2.05) is 0 Å². The van der Waals surface area contributed by atoms with Crippen LogP contribution in [0, 0.1) is 17.0 Å². The van der Waals surface area contributed by atoms with Crippen molar-refractivity contribution in [1.29, 1.82) is 0 Å². The van der Waals surface area contributed by atoms with Gasteiger partial charge in [0.1, 0.15) is 0 Å². The zero-order valence-electron chi connectivity index (χ0n) is 8.34. The lowest BCUT2D eigenvalue weighted by atomic mass is 10.2. The van der Waals surface area contributed by atoms with Crippen molar-refractivity contribution in [3.63, 3.8) is 0 Å². The Morgan fingerprint density at radius 1 is 1.75 bits per heavy atom. The summed E-state index contributed by atoms with van der Waals surface area (Å²) in [7, 11) is 0. The summed E-state index contributed by atoms with van der Waals surface area (Å²) in [6.45, 7) is 0.926. The van der Waals surface area contributed by atoms with Gasteiger partial charge < -0.3 is 5.11 Å². The lowest BCUT2D eigenvalue weighted by Crippen LogP contribution is -2.13. The van der Waals surface area contributed by atoms with E-state index < -0.39 is 17.5 Å². The van der Waals surface area contributed by atoms with Gasteiger partial charge in [-0.05, 0) is 13.0 Å². The molecule has 1 aromatic rings. The molecule has 0 aliphatic rings. The van der Waals surface area contributed by atoms with E-state index in [0.717, 1.165) is 0 Å². The number of pyridine rings is 1. The number of anilines is 1. The van der Waals surface area contributed by atoms with E-state index in [0.29, 0.717) is 5.56 Å². The van der Waals surface area contributed by atoms with Crippen LogP contribution in [0.2, 0.25) is 0 Å². The molecule has 0 aliphatic heterocycles. The second-order valence-corrected chi connectivity index (χ2v) is 2.87. The topological polar surface area (TPSA) is 115 Å². The Morgan fingerprint density at radius 3 is 3.00 bits per heavy atom. The average Bonchev–Trinajstić information content (AvgIpc) is 2.16. The summed E-state index contributed by atoms with van der Waals surface area (Å²) in [5, 5.41) is 19.0. The molecule has 0 fully saturated rings. The number of nitrogens with one attached hydrogen (secondary N) is 1. The van der Waals surface area contributed by atoms with Crippen molar-refractivity contribution >= 4 is 17.5 Å². The van der Waals surface area contributed by atoms with Crippen LogP contribution in [-0.2, 0) is 9.63 Å². The number of carbonyl (C=O) groups is 1. The molecule has 2 N–H and O–H groups in total. The first-order valence-corrected chi connectivity index (χ1v) is 4.22. The maximum atomic E-state index is 10.7. The van der Waals surface area contributed by atoms with Crippen molar-refractivity contribution in [2.45, 2.75) is 6.92 Å². The highest BCUT2D eigenvalue weighted by atomic mass is 16.7. The zero-order valence-corrected chi connectivity index (χ0v) is 8.34. The molecule has 0 aromatic carbocycles. The van der Waals surface area contributed by atoms with Crippen molar-refractivity contribution in [2.24, 2.45) is 0 Å². The molecular weight excluding hydrogens is 218 g/mol. The average molecular weight is 227 g/mol. The number of carboxylic acids is 1. The molecule has 0 spiro atoms. The van der Waals surface area contributed by atoms with Crippen LogP contribution in [0.5, 0.6) is 0 Å². The quantitative estimate of drug-likeness (QED) is 0.562. The SMILES string of the molecule is Cc1ccnc(NOCC(=O)O)c1[N+](=O)[O-]. The second-order valence-electron chi connectivity index (χ2n) is 2.87. The molecule has 1 rings (SSSR count). The van der Waals surface area contributed by atoms with E-state index in [4.69, 9.17) is 5.11 Å². The van der Waals surface area contributed by atoms with Gasteiger partial charge in [-0.1, -0.05) is 0 Å². The van der Waals surface area contributed by atoms with Gasteiger partial charge in [0.05, 0.1) is 4.92 Å². The first kappa shape index (κ1) is 11.9. The lowest BCUT2D eigenvalue weighted by molar-refractivity contribution is -0.384. The molecule has 86 valence electrons. The number of nitrogens with zero attached hydrogens (tertiary/aromatic N) is 2. The fourth-order valence-electron chi connectivity index (χ4n) is 1.02. The van der Waals surface area contributed by atoms with Gasteiger partial charge in [-0.25, -0.2) is 15.3 Å². The number of hydrogen-bond donors (Lipinski definition) is 2. The monoisotopic (exact) mass is 227 g/mol. The fourth-order valence-corrected chi connectivity index (χ4v) is 1.02. The number of aliphatic carboxylic acids is 1. The Balaban J connectivity index is 2.83. The molecule has 16 heavy (non-hydrogen) atoms. The third-order valence-corrected chi connectivity index (χ3v) is 1.67. The third-order valence-electron chi connectivity index (χ3n) is 1.67. The summed E-state index contributed by atoms with van der Waals surface area (Å²) < 4.78 is 0. The number of carboxylic acid groups (broad SMARTS) is 1. The third kappa shape index (κ3) is 2.89. The molecule has 0 saturated carbocycles. The zero-order chi connectivity index (χ0) is 12.1. The summed E-state index contributed by atoms with van der Waals surface area (Å²) in [4.78, 5) is 28.4. The molecule has 0 amide bonds. The molecular formula is C8H9N3O5. The highest BCUT2D eigenvalue weighted by molar-refractivity contribution is 5.68. The van der Waals surface area contributed by atoms with Crippen LogP contribution in [0.15, 0.2) is 12.3 Å². The minimum atomic E-state index is -1.19. The number of aryl methyl sites for hydroxylation is 1. The van der Waals surface area contributed by atoms with Gasteiger partial charge in [0.25, 0.3) is 0 Å². The normalized spacial score (nSPS) is 9.81. The molecule has 1 aromatic heterocycles. The molecule has 0 atom stereocenters. The summed E-state index contributed by atoms with van der Waals surface area (Å²) in [6.07, 6.45) is 1.36. The lowest BCUT2D eigenvalue weighted by Gasteiger charge is -2.05. The van der Waals surface area contributed by atoms with E-state index in [9.17, 15) is 14.9 Å². The maximum Gasteiger partial charge on any atom is 0.332 e. The summed E-state index contributed by atoms with van der Waals surface area (Å²) >= 11 is 0. The van der Waals surface area contributed by atoms with E-state index >= 15 is 0 Å². The van der Waals surface area contributed by atoms with Gasteiger partial charge in [0, 0.05) is 11.8 Å². The fraction of sp³-hybridized carbons (Fsp3) is 0.250. The van der Waals surface area contributed by atoms with E-state index in [1.54, 1.807) is 6.92 Å². The second kappa shape index (κ2) is 5.03. The molecule has 0 radical (unpaired) electrons. The van der Waals surface area contributed by atoms with Crippen molar-refractivity contribution in [3.05, 3.63) is 27.9 Å². The van der Waals surface area contributed by atoms with Gasteiger partial charge in [0.2, 0.25) is 5.82 Å². The molecule has 8 heteroatoms.